The summed E-state index contributed by atoms with van der Waals surface area (Å²) in [5.41, 5.74) is 0. The molecule has 0 bridgehead atoms. The van der Waals surface area contributed by atoms with Crippen LogP contribution in [0.5, 0.6) is 0 Å². The third-order valence-corrected chi connectivity index (χ3v) is 0. The van der Waals surface area contributed by atoms with Crippen LogP contribution in [-0.4, -0.2) is 18.3 Å². The SMILES string of the molecule is O=[Si]([O-])[O-].O=[Si]([O-])[O-].[K+].[Li+].[Mn+2]. The first-order valence-electron chi connectivity index (χ1n) is 1.22. The molecule has 0 aliphatic carbocycles. The Balaban J connectivity index is -0.0000000171. The topological polar surface area (TPSA) is 126 Å². The Labute approximate surface area is 131 Å². The maximum atomic E-state index is 8.52. The molecule has 0 fully saturated rings. The van der Waals surface area contributed by atoms with Crippen LogP contribution in [0.25, 0.3) is 0 Å². The fraction of sp³-hybridized carbons (Fsp3) is 0. The molecule has 0 aliphatic rings. The Morgan fingerprint density at radius 3 is 0.818 bits per heavy atom. The average molecular weight is 253 g/mol. The zero-order chi connectivity index (χ0) is 7.15. The van der Waals surface area contributed by atoms with Crippen molar-refractivity contribution in [3.05, 3.63) is 0 Å². The second-order valence-electron chi connectivity index (χ2n) is 0.500. The van der Waals surface area contributed by atoms with Crippen molar-refractivity contribution in [2.75, 3.05) is 0 Å². The van der Waals surface area contributed by atoms with Crippen LogP contribution in [0.4, 0.5) is 0 Å². The fourth-order valence-electron chi connectivity index (χ4n) is 0. The van der Waals surface area contributed by atoms with Crippen molar-refractivity contribution in [3.63, 3.8) is 0 Å². The van der Waals surface area contributed by atoms with Gasteiger partial charge in [-0.2, -0.15) is 0 Å². The molecule has 0 spiro atoms. The Morgan fingerprint density at radius 1 is 0.818 bits per heavy atom. The molecule has 1 radical (unpaired) electrons. The van der Waals surface area contributed by atoms with Gasteiger partial charge in [0.15, 0.2) is 0 Å². The van der Waals surface area contributed by atoms with Crippen molar-refractivity contribution in [1.29, 1.82) is 0 Å². The van der Waals surface area contributed by atoms with Crippen LogP contribution < -0.4 is 89.4 Å². The molecule has 0 aliphatic heterocycles. The second-order valence-corrected chi connectivity index (χ2v) is 1.50. The summed E-state index contributed by atoms with van der Waals surface area (Å²) in [6.45, 7) is 0. The molecule has 0 aromatic rings. The van der Waals surface area contributed by atoms with E-state index >= 15 is 0 Å². The van der Waals surface area contributed by atoms with E-state index < -0.39 is 18.3 Å². The van der Waals surface area contributed by atoms with Crippen LogP contribution in [0.15, 0.2) is 0 Å². The third kappa shape index (κ3) is 303. The second kappa shape index (κ2) is 22.7. The van der Waals surface area contributed by atoms with Crippen molar-refractivity contribution >= 4 is 18.3 Å². The molecule has 0 aromatic heterocycles. The van der Waals surface area contributed by atoms with Gasteiger partial charge >= 0.3 is 87.3 Å². The monoisotopic (exact) mass is 253 g/mol. The predicted octanol–water partition coefficient (Wildman–Crippen LogP) is -11.7. The summed E-state index contributed by atoms with van der Waals surface area (Å²) in [4.78, 5) is 34.1. The largest absolute Gasteiger partial charge is 2.00 e. The van der Waals surface area contributed by atoms with E-state index in [4.69, 9.17) is 28.1 Å². The number of hydrogen-bond donors (Lipinski definition) is 0. The molecular formula is KLiMnO6Si2. The van der Waals surface area contributed by atoms with E-state index in [-0.39, 0.29) is 87.3 Å². The molecule has 11 heavy (non-hydrogen) atoms. The maximum absolute atomic E-state index is 8.52. The number of rotatable bonds is 0. The first-order valence-corrected chi connectivity index (χ1v) is 3.67. The van der Waals surface area contributed by atoms with Gasteiger partial charge in [-0.25, -0.2) is 0 Å². The predicted molar refractivity (Wildman–Crippen MR) is 12.9 cm³/mol. The summed E-state index contributed by atoms with van der Waals surface area (Å²) in [5.74, 6) is 0. The Morgan fingerprint density at radius 2 is 0.818 bits per heavy atom. The molecule has 0 atom stereocenters. The molecule has 0 N–H and O–H groups in total. The van der Waals surface area contributed by atoms with Crippen molar-refractivity contribution in [3.8, 4) is 0 Å². The molecule has 0 saturated carbocycles. The van der Waals surface area contributed by atoms with E-state index in [1.165, 1.54) is 0 Å². The normalized spacial score (nSPS) is 4.36. The summed E-state index contributed by atoms with van der Waals surface area (Å²) in [6, 6.07) is 0. The van der Waals surface area contributed by atoms with Gasteiger partial charge < -0.3 is 28.1 Å². The molecule has 0 amide bonds. The van der Waals surface area contributed by atoms with Gasteiger partial charge in [0.1, 0.15) is 0 Å². The minimum absolute atomic E-state index is 0. The fourth-order valence-corrected chi connectivity index (χ4v) is 0. The van der Waals surface area contributed by atoms with E-state index in [9.17, 15) is 0 Å². The summed E-state index contributed by atoms with van der Waals surface area (Å²) in [7, 11) is -7.26. The first-order chi connectivity index (χ1) is 3.46. The quantitative estimate of drug-likeness (QED) is 0.394. The van der Waals surface area contributed by atoms with E-state index in [2.05, 4.69) is 0 Å². The van der Waals surface area contributed by atoms with E-state index in [0.717, 1.165) is 0 Å². The van der Waals surface area contributed by atoms with E-state index in [1.54, 1.807) is 0 Å². The molecule has 6 nitrogen and oxygen atoms in total. The standard InChI is InChI=1S/K.Li.Mn.2O3Si/c;;;2*1-4(2)3/q2*+1;+2;2*-2. The average Bonchev–Trinajstić information content (AvgIpc) is 1.25. The molecule has 53 valence electrons. The molecule has 0 rings (SSSR count). The van der Waals surface area contributed by atoms with Crippen LogP contribution >= 0.6 is 0 Å². The Kier molecular flexibility index (Phi) is 60.3. The van der Waals surface area contributed by atoms with Crippen LogP contribution in [-0.2, 0) is 26.0 Å². The molecule has 0 unspecified atom stereocenters. The zero-order valence-corrected chi connectivity index (χ0v) is 12.1. The van der Waals surface area contributed by atoms with Gasteiger partial charge in [0.25, 0.3) is 0 Å². The minimum atomic E-state index is -3.63. The van der Waals surface area contributed by atoms with Crippen LogP contribution in [0, 0.1) is 0 Å². The van der Waals surface area contributed by atoms with Crippen molar-refractivity contribution < 1.29 is 115 Å². The van der Waals surface area contributed by atoms with Crippen molar-refractivity contribution in [2.45, 2.75) is 0 Å². The molecule has 0 saturated heterocycles. The summed E-state index contributed by atoms with van der Waals surface area (Å²) >= 11 is 0. The van der Waals surface area contributed by atoms with E-state index in [1.807, 2.05) is 0 Å². The third-order valence-electron chi connectivity index (χ3n) is 0. The number of hydrogen-bond acceptors (Lipinski definition) is 6. The van der Waals surface area contributed by atoms with Crippen LogP contribution in [0.2, 0.25) is 0 Å². The van der Waals surface area contributed by atoms with Crippen molar-refractivity contribution in [1.82, 2.24) is 0 Å². The van der Waals surface area contributed by atoms with Gasteiger partial charge in [-0.1, -0.05) is 0 Å². The van der Waals surface area contributed by atoms with Gasteiger partial charge in [-0.05, 0) is 0 Å². The summed E-state index contributed by atoms with van der Waals surface area (Å²) in [5, 5.41) is 0. The van der Waals surface area contributed by atoms with Crippen LogP contribution in [0.1, 0.15) is 0 Å². The van der Waals surface area contributed by atoms with Crippen LogP contribution in [0.3, 0.4) is 0 Å². The molecule has 11 heteroatoms. The zero-order valence-electron chi connectivity index (χ0n) is 5.83. The van der Waals surface area contributed by atoms with Gasteiger partial charge in [-0.15, -0.1) is 0 Å². The van der Waals surface area contributed by atoms with Crippen molar-refractivity contribution in [2.24, 2.45) is 0 Å². The van der Waals surface area contributed by atoms with Gasteiger partial charge in [0.05, 0.1) is 0 Å². The maximum Gasteiger partial charge on any atom is 2.00 e. The van der Waals surface area contributed by atoms with E-state index in [0.29, 0.717) is 0 Å². The Bertz CT molecular complexity index is 78.6. The molecule has 0 aromatic carbocycles. The van der Waals surface area contributed by atoms with Gasteiger partial charge in [0, 0.05) is 18.3 Å². The first kappa shape index (κ1) is 29.3. The molecule has 0 heterocycles. The van der Waals surface area contributed by atoms with Gasteiger partial charge in [0.2, 0.25) is 0 Å². The smallest absolute Gasteiger partial charge is 0.672 e. The van der Waals surface area contributed by atoms with Gasteiger partial charge in [-0.3, -0.25) is 0 Å². The Hall–Kier alpha value is 1.99. The minimum Gasteiger partial charge on any atom is -0.672 e. The molecular weight excluding hydrogens is 253 g/mol. The summed E-state index contributed by atoms with van der Waals surface area (Å²) < 4.78 is 17.0. The summed E-state index contributed by atoms with van der Waals surface area (Å²) in [6.07, 6.45) is 0.